The monoisotopic (exact) mass is 250 g/mol. The predicted octanol–water partition coefficient (Wildman–Crippen LogP) is 3.65. The summed E-state index contributed by atoms with van der Waals surface area (Å²) in [6.07, 6.45) is 2.63. The second-order valence-electron chi connectivity index (χ2n) is 4.04. The lowest BCUT2D eigenvalue weighted by molar-refractivity contribution is 0.183. The maximum Gasteiger partial charge on any atom is 0.337 e. The minimum atomic E-state index is -1.83. The van der Waals surface area contributed by atoms with E-state index in [-0.39, 0.29) is 7.92 Å². The Morgan fingerprint density at radius 1 is 1.00 bits per heavy atom. The van der Waals surface area contributed by atoms with Crippen molar-refractivity contribution in [2.24, 2.45) is 0 Å². The average Bonchev–Trinajstić information content (AvgIpc) is 2.17. The molecule has 0 radical (unpaired) electrons. The molecule has 0 aromatic rings. The molecule has 4 heteroatoms. The van der Waals surface area contributed by atoms with Gasteiger partial charge in [0, 0.05) is 13.2 Å². The number of rotatable bonds is 9. The first-order chi connectivity index (χ1) is 7.10. The van der Waals surface area contributed by atoms with Crippen LogP contribution in [0, 0.1) is 0 Å². The lowest BCUT2D eigenvalue weighted by atomic mass is 10.6. The molecule has 0 amide bonds. The summed E-state index contributed by atoms with van der Waals surface area (Å²) in [7, 11) is -1.59. The molecule has 15 heavy (non-hydrogen) atoms. The molecule has 0 aromatic carbocycles. The summed E-state index contributed by atoms with van der Waals surface area (Å²) in [6.45, 7) is 12.6. The van der Waals surface area contributed by atoms with Crippen molar-refractivity contribution in [2.75, 3.05) is 32.7 Å². The summed E-state index contributed by atoms with van der Waals surface area (Å²) in [5.74, 6) is 0. The topological polar surface area (TPSA) is 18.5 Å². The molecule has 0 atom stereocenters. The van der Waals surface area contributed by atoms with Gasteiger partial charge in [0.05, 0.1) is 0 Å². The van der Waals surface area contributed by atoms with Crippen LogP contribution in [0.4, 0.5) is 0 Å². The molecule has 0 N–H and O–H groups in total. The Kier molecular flexibility index (Phi) is 9.02. The molecule has 0 heterocycles. The fraction of sp³-hybridized carbons (Fsp3) is 1.00. The first-order valence-electron chi connectivity index (χ1n) is 6.02. The zero-order valence-corrected chi connectivity index (χ0v) is 12.9. The summed E-state index contributed by atoms with van der Waals surface area (Å²) in [4.78, 5) is 0. The third-order valence-corrected chi connectivity index (χ3v) is 7.55. The van der Waals surface area contributed by atoms with Gasteiger partial charge in [-0.05, 0) is 51.8 Å². The van der Waals surface area contributed by atoms with Crippen LogP contribution in [0.3, 0.4) is 0 Å². The van der Waals surface area contributed by atoms with Gasteiger partial charge in [0.2, 0.25) is 0 Å². The highest BCUT2D eigenvalue weighted by atomic mass is 31.1. The molecule has 0 aromatic heterocycles. The lowest BCUT2D eigenvalue weighted by Gasteiger charge is -2.29. The van der Waals surface area contributed by atoms with E-state index in [2.05, 4.69) is 34.1 Å². The maximum absolute atomic E-state index is 5.92. The third-order valence-electron chi connectivity index (χ3n) is 2.52. The van der Waals surface area contributed by atoms with E-state index >= 15 is 0 Å². The lowest BCUT2D eigenvalue weighted by Crippen LogP contribution is -2.41. The molecule has 92 valence electrons. The highest BCUT2D eigenvalue weighted by Gasteiger charge is 2.34. The molecule has 0 rings (SSSR count). The molecule has 0 aliphatic carbocycles. The molecule has 0 unspecified atom stereocenters. The van der Waals surface area contributed by atoms with Gasteiger partial charge < -0.3 is 8.85 Å². The van der Waals surface area contributed by atoms with Gasteiger partial charge in [-0.25, -0.2) is 0 Å². The number of hydrogen-bond donors (Lipinski definition) is 0. The van der Waals surface area contributed by atoms with E-state index in [0.717, 1.165) is 19.3 Å². The van der Waals surface area contributed by atoms with Gasteiger partial charge in [-0.2, -0.15) is 0 Å². The summed E-state index contributed by atoms with van der Waals surface area (Å²) in [6, 6.07) is 2.26. The molecule has 0 spiro atoms. The molecule has 0 fully saturated rings. The van der Waals surface area contributed by atoms with Crippen LogP contribution < -0.4 is 0 Å². The van der Waals surface area contributed by atoms with Gasteiger partial charge in [-0.3, -0.25) is 0 Å². The van der Waals surface area contributed by atoms with Crippen molar-refractivity contribution in [3.63, 3.8) is 0 Å². The highest BCUT2D eigenvalue weighted by Crippen LogP contribution is 2.29. The van der Waals surface area contributed by atoms with Crippen molar-refractivity contribution in [1.29, 1.82) is 0 Å². The Morgan fingerprint density at radius 2 is 1.53 bits per heavy atom. The fourth-order valence-electron chi connectivity index (χ4n) is 1.76. The minimum absolute atomic E-state index is 0.234. The summed E-state index contributed by atoms with van der Waals surface area (Å²) >= 11 is 0. The smallest absolute Gasteiger partial charge is 0.337 e. The molecule has 0 bridgehead atoms. The van der Waals surface area contributed by atoms with E-state index in [1.54, 1.807) is 0 Å². The fourth-order valence-corrected chi connectivity index (χ4v) is 5.75. The molecule has 0 aliphatic rings. The highest BCUT2D eigenvalue weighted by molar-refractivity contribution is 7.55. The number of hydrogen-bond acceptors (Lipinski definition) is 2. The standard InChI is InChI=1S/C11H27O2PSi/c1-6-12-15(8-3,13-7-2)11-9-10-14(4)5/h6-11H2,1-5H3. The van der Waals surface area contributed by atoms with Crippen LogP contribution in [0.5, 0.6) is 0 Å². The normalized spacial score (nSPS) is 12.4. The van der Waals surface area contributed by atoms with Crippen LogP contribution in [0.1, 0.15) is 27.2 Å². The largest absolute Gasteiger partial charge is 0.394 e. The summed E-state index contributed by atoms with van der Waals surface area (Å²) in [5, 5.41) is 0. The van der Waals surface area contributed by atoms with Crippen LogP contribution in [-0.4, -0.2) is 41.3 Å². The molecule has 0 aliphatic heterocycles. The Bertz CT molecular complexity index is 148. The molecule has 0 saturated carbocycles. The van der Waals surface area contributed by atoms with Crippen molar-refractivity contribution in [2.45, 2.75) is 39.3 Å². The summed E-state index contributed by atoms with van der Waals surface area (Å²) < 4.78 is 11.8. The van der Waals surface area contributed by atoms with Gasteiger partial charge in [0.1, 0.15) is 0 Å². The van der Waals surface area contributed by atoms with E-state index < -0.39 is 8.56 Å². The summed E-state index contributed by atoms with van der Waals surface area (Å²) in [5.41, 5.74) is 0. The van der Waals surface area contributed by atoms with Crippen molar-refractivity contribution < 1.29 is 8.85 Å². The van der Waals surface area contributed by atoms with Gasteiger partial charge >= 0.3 is 8.56 Å². The van der Waals surface area contributed by atoms with E-state index in [1.165, 1.54) is 18.6 Å². The third kappa shape index (κ3) is 6.67. The van der Waals surface area contributed by atoms with Gasteiger partial charge in [0.25, 0.3) is 0 Å². The van der Waals surface area contributed by atoms with Crippen LogP contribution >= 0.6 is 7.92 Å². The van der Waals surface area contributed by atoms with E-state index in [4.69, 9.17) is 8.85 Å². The van der Waals surface area contributed by atoms with Crippen molar-refractivity contribution in [1.82, 2.24) is 0 Å². The molecule has 2 nitrogen and oxygen atoms in total. The van der Waals surface area contributed by atoms with Crippen molar-refractivity contribution >= 4 is 16.5 Å². The average molecular weight is 250 g/mol. The Labute approximate surface area is 97.7 Å². The van der Waals surface area contributed by atoms with E-state index in [0.29, 0.717) is 0 Å². The zero-order chi connectivity index (χ0) is 11.7. The second-order valence-corrected chi connectivity index (χ2v) is 10.2. The molecule has 0 saturated heterocycles. The van der Waals surface area contributed by atoms with Crippen LogP contribution in [-0.2, 0) is 8.85 Å². The molecular formula is C11H27O2PSi. The first kappa shape index (κ1) is 15.6. The van der Waals surface area contributed by atoms with Crippen LogP contribution in [0.15, 0.2) is 0 Å². The molecular weight excluding hydrogens is 223 g/mol. The van der Waals surface area contributed by atoms with Gasteiger partial charge in [-0.1, -0.05) is 6.92 Å². The quantitative estimate of drug-likeness (QED) is 0.459. The van der Waals surface area contributed by atoms with Crippen LogP contribution in [0.25, 0.3) is 0 Å². The van der Waals surface area contributed by atoms with Crippen LogP contribution in [0.2, 0.25) is 12.1 Å². The SMILES string of the molecule is CCO[Si](CC)(CCCP(C)C)OCC. The Balaban J connectivity index is 4.08. The predicted molar refractivity (Wildman–Crippen MR) is 72.5 cm³/mol. The maximum atomic E-state index is 5.92. The minimum Gasteiger partial charge on any atom is -0.394 e. The van der Waals surface area contributed by atoms with E-state index in [9.17, 15) is 0 Å². The van der Waals surface area contributed by atoms with Crippen molar-refractivity contribution in [3.05, 3.63) is 0 Å². The zero-order valence-electron chi connectivity index (χ0n) is 11.0. The van der Waals surface area contributed by atoms with Gasteiger partial charge in [0.15, 0.2) is 0 Å². The van der Waals surface area contributed by atoms with E-state index in [1.807, 2.05) is 0 Å². The van der Waals surface area contributed by atoms with Gasteiger partial charge in [-0.15, -0.1) is 7.92 Å². The second kappa shape index (κ2) is 8.69. The Morgan fingerprint density at radius 3 is 1.87 bits per heavy atom. The van der Waals surface area contributed by atoms with Crippen molar-refractivity contribution in [3.8, 4) is 0 Å². The first-order valence-corrected chi connectivity index (χ1v) is 10.7. The Hall–Kier alpha value is 0.567.